The van der Waals surface area contributed by atoms with Crippen LogP contribution in [0.1, 0.15) is 42.7 Å². The van der Waals surface area contributed by atoms with Crippen molar-refractivity contribution >= 4 is 51.3 Å². The van der Waals surface area contributed by atoms with Crippen LogP contribution in [0.4, 0.5) is 10.2 Å². The van der Waals surface area contributed by atoms with Gasteiger partial charge in [-0.15, -0.1) is 11.3 Å². The zero-order valence-corrected chi connectivity index (χ0v) is 20.9. The molecule has 178 valence electrons. The van der Waals surface area contributed by atoms with E-state index in [-0.39, 0.29) is 16.6 Å². The number of fused-ring (bicyclic) bond motifs is 1. The van der Waals surface area contributed by atoms with Gasteiger partial charge in [-0.3, -0.25) is 4.90 Å². The summed E-state index contributed by atoms with van der Waals surface area (Å²) in [6.45, 7) is 5.00. The summed E-state index contributed by atoms with van der Waals surface area (Å²) in [5.41, 5.74) is 7.88. The number of ether oxygens (including phenoxy) is 1. The van der Waals surface area contributed by atoms with Crippen molar-refractivity contribution in [2.24, 2.45) is 0 Å². The quantitative estimate of drug-likeness (QED) is 0.264. The summed E-state index contributed by atoms with van der Waals surface area (Å²) < 4.78 is 26.0. The van der Waals surface area contributed by atoms with E-state index < -0.39 is 11.9 Å². The van der Waals surface area contributed by atoms with Crippen LogP contribution in [0.3, 0.4) is 0 Å². The molecule has 1 fully saturated rings. The molecule has 0 amide bonds. The molecule has 0 saturated carbocycles. The lowest BCUT2D eigenvalue weighted by Crippen LogP contribution is -2.28. The van der Waals surface area contributed by atoms with E-state index in [9.17, 15) is 4.39 Å². The summed E-state index contributed by atoms with van der Waals surface area (Å²) >= 11 is 14.2. The molecule has 1 atom stereocenters. The first-order valence-electron chi connectivity index (χ1n) is 11.2. The molecule has 0 radical (unpaired) electrons. The minimum absolute atomic E-state index is 0.0846. The van der Waals surface area contributed by atoms with Crippen molar-refractivity contribution in [3.05, 3.63) is 63.0 Å². The second kappa shape index (κ2) is 9.74. The number of thiophene rings is 1. The first-order chi connectivity index (χ1) is 16.4. The van der Waals surface area contributed by atoms with E-state index in [1.807, 2.05) is 0 Å². The maximum absolute atomic E-state index is 14.0. The SMILES string of the molecule is C[C@@H](Oc1c(N)ncc2c(-c3ccc(CN4CCCCC4)s3)coc12)c1c(Cl)ccc(F)c1Cl. The zero-order chi connectivity index (χ0) is 23.8. The third-order valence-electron chi connectivity index (χ3n) is 6.14. The Bertz CT molecular complexity index is 1330. The molecule has 0 unspecified atom stereocenters. The molecular weight excluding hydrogens is 496 g/mol. The molecule has 0 bridgehead atoms. The third-order valence-corrected chi connectivity index (χ3v) is 7.95. The number of hydrogen-bond donors (Lipinski definition) is 1. The number of pyridine rings is 1. The van der Waals surface area contributed by atoms with Crippen LogP contribution in [0.25, 0.3) is 21.4 Å². The Hall–Kier alpha value is -2.32. The van der Waals surface area contributed by atoms with Crippen molar-refractivity contribution in [1.82, 2.24) is 9.88 Å². The van der Waals surface area contributed by atoms with Gasteiger partial charge in [0.05, 0.1) is 10.4 Å². The maximum Gasteiger partial charge on any atom is 0.205 e. The smallest absolute Gasteiger partial charge is 0.205 e. The standard InChI is InChI=1S/C25H24Cl2FN3O2S/c1-14(21-18(26)6-7-19(28)22(21)27)33-24-23-16(11-30-25(24)29)17(13-32-23)20-8-5-15(34-20)12-31-9-3-2-4-10-31/h5-8,11,13-14H,2-4,9-10,12H2,1H3,(H2,29,30)/t14-/m1/s1. The van der Waals surface area contributed by atoms with Crippen LogP contribution in [-0.4, -0.2) is 23.0 Å². The number of likely N-dealkylation sites (tertiary alicyclic amines) is 1. The van der Waals surface area contributed by atoms with Crippen molar-refractivity contribution in [1.29, 1.82) is 0 Å². The van der Waals surface area contributed by atoms with E-state index in [1.165, 1.54) is 36.3 Å². The Morgan fingerprint density at radius 3 is 2.79 bits per heavy atom. The number of hydrogen-bond acceptors (Lipinski definition) is 6. The molecule has 3 aromatic heterocycles. The highest BCUT2D eigenvalue weighted by atomic mass is 35.5. The molecule has 0 spiro atoms. The van der Waals surface area contributed by atoms with Gasteiger partial charge in [0.1, 0.15) is 18.2 Å². The summed E-state index contributed by atoms with van der Waals surface area (Å²) in [5.74, 6) is -0.127. The molecule has 4 aromatic rings. The fourth-order valence-corrected chi connectivity index (χ4v) is 6.13. The van der Waals surface area contributed by atoms with Crippen molar-refractivity contribution in [2.75, 3.05) is 18.8 Å². The van der Waals surface area contributed by atoms with Gasteiger partial charge in [-0.1, -0.05) is 29.6 Å². The molecule has 1 aliphatic heterocycles. The van der Waals surface area contributed by atoms with Crippen LogP contribution < -0.4 is 10.5 Å². The highest BCUT2D eigenvalue weighted by Gasteiger charge is 2.23. The first kappa shape index (κ1) is 23.4. The predicted octanol–water partition coefficient (Wildman–Crippen LogP) is 7.71. The van der Waals surface area contributed by atoms with Gasteiger partial charge in [-0.2, -0.15) is 0 Å². The van der Waals surface area contributed by atoms with E-state index in [0.717, 1.165) is 35.5 Å². The van der Waals surface area contributed by atoms with Crippen LogP contribution in [0, 0.1) is 5.82 Å². The van der Waals surface area contributed by atoms with Gasteiger partial charge in [0.15, 0.2) is 11.4 Å². The number of nitrogens with two attached hydrogens (primary N) is 1. The van der Waals surface area contributed by atoms with Crippen molar-refractivity contribution in [2.45, 2.75) is 38.8 Å². The average Bonchev–Trinajstić information content (AvgIpc) is 3.46. The number of halogens is 3. The van der Waals surface area contributed by atoms with Gasteiger partial charge in [0.25, 0.3) is 0 Å². The molecule has 4 heterocycles. The van der Waals surface area contributed by atoms with Gasteiger partial charge in [-0.25, -0.2) is 9.37 Å². The van der Waals surface area contributed by atoms with Crippen molar-refractivity contribution < 1.29 is 13.5 Å². The normalized spacial score (nSPS) is 15.6. The Morgan fingerprint density at radius 1 is 1.21 bits per heavy atom. The van der Waals surface area contributed by atoms with E-state index in [0.29, 0.717) is 16.2 Å². The Kier molecular flexibility index (Phi) is 6.71. The van der Waals surface area contributed by atoms with Crippen LogP contribution in [0.5, 0.6) is 5.75 Å². The van der Waals surface area contributed by atoms with Gasteiger partial charge in [0.2, 0.25) is 5.75 Å². The lowest BCUT2D eigenvalue weighted by Gasteiger charge is -2.25. The van der Waals surface area contributed by atoms with Crippen molar-refractivity contribution in [3.8, 4) is 16.2 Å². The summed E-state index contributed by atoms with van der Waals surface area (Å²) in [7, 11) is 0. The van der Waals surface area contributed by atoms with Gasteiger partial charge in [-0.05, 0) is 57.1 Å². The minimum Gasteiger partial charge on any atom is -0.478 e. The Labute approximate surface area is 211 Å². The zero-order valence-electron chi connectivity index (χ0n) is 18.6. The second-order valence-electron chi connectivity index (χ2n) is 8.48. The topological polar surface area (TPSA) is 64.5 Å². The molecule has 9 heteroatoms. The molecule has 1 aromatic carbocycles. The van der Waals surface area contributed by atoms with Crippen LogP contribution in [0.15, 0.2) is 41.1 Å². The number of rotatable bonds is 6. The number of piperidine rings is 1. The lowest BCUT2D eigenvalue weighted by atomic mass is 10.1. The summed E-state index contributed by atoms with van der Waals surface area (Å²) in [6, 6.07) is 6.95. The molecule has 1 saturated heterocycles. The molecule has 5 rings (SSSR count). The fraction of sp³-hybridized carbons (Fsp3) is 0.320. The predicted molar refractivity (Wildman–Crippen MR) is 136 cm³/mol. The molecule has 1 aliphatic rings. The Balaban J connectivity index is 1.44. The largest absolute Gasteiger partial charge is 0.478 e. The second-order valence-corrected chi connectivity index (χ2v) is 10.4. The van der Waals surface area contributed by atoms with Crippen LogP contribution >= 0.6 is 34.5 Å². The number of nitrogen functional groups attached to an aromatic ring is 1. The molecule has 0 aliphatic carbocycles. The number of anilines is 1. The third kappa shape index (κ3) is 4.50. The van der Waals surface area contributed by atoms with E-state index in [4.69, 9.17) is 38.1 Å². The first-order valence-corrected chi connectivity index (χ1v) is 12.8. The van der Waals surface area contributed by atoms with Crippen LogP contribution in [-0.2, 0) is 6.54 Å². The summed E-state index contributed by atoms with van der Waals surface area (Å²) in [4.78, 5) is 9.23. The van der Waals surface area contributed by atoms with Crippen molar-refractivity contribution in [3.63, 3.8) is 0 Å². The Morgan fingerprint density at radius 2 is 2.00 bits per heavy atom. The van der Waals surface area contributed by atoms with Crippen LogP contribution in [0.2, 0.25) is 10.0 Å². The van der Waals surface area contributed by atoms with E-state index in [1.54, 1.807) is 30.7 Å². The number of benzene rings is 1. The fourth-order valence-electron chi connectivity index (χ4n) is 4.38. The molecule has 2 N–H and O–H groups in total. The minimum atomic E-state index is -0.683. The molecule has 34 heavy (non-hydrogen) atoms. The van der Waals surface area contributed by atoms with Gasteiger partial charge >= 0.3 is 0 Å². The number of aromatic nitrogens is 1. The number of nitrogens with zero attached hydrogens (tertiary/aromatic N) is 2. The monoisotopic (exact) mass is 519 g/mol. The lowest BCUT2D eigenvalue weighted by molar-refractivity contribution is 0.222. The van der Waals surface area contributed by atoms with Gasteiger partial charge in [0, 0.05) is 38.6 Å². The average molecular weight is 520 g/mol. The van der Waals surface area contributed by atoms with E-state index >= 15 is 0 Å². The van der Waals surface area contributed by atoms with Gasteiger partial charge < -0.3 is 14.9 Å². The molecule has 5 nitrogen and oxygen atoms in total. The summed E-state index contributed by atoms with van der Waals surface area (Å²) in [6.07, 6.45) is 6.56. The maximum atomic E-state index is 14.0. The molecular formula is C25H24Cl2FN3O2S. The highest BCUT2D eigenvalue weighted by Crippen LogP contribution is 2.43. The van der Waals surface area contributed by atoms with E-state index in [2.05, 4.69) is 22.0 Å². The highest BCUT2D eigenvalue weighted by molar-refractivity contribution is 7.15. The summed E-state index contributed by atoms with van der Waals surface area (Å²) in [5, 5.41) is 1.01. The number of furan rings is 1.